The van der Waals surface area contributed by atoms with Crippen LogP contribution in [0.4, 0.5) is 0 Å². The van der Waals surface area contributed by atoms with E-state index in [0.717, 1.165) is 11.0 Å². The van der Waals surface area contributed by atoms with Crippen LogP contribution in [-0.2, 0) is 21.7 Å². The zero-order valence-electron chi connectivity index (χ0n) is 28.7. The highest BCUT2D eigenvalue weighted by Crippen LogP contribution is 2.36. The fraction of sp³-hybridized carbons (Fsp3) is 0.526. The van der Waals surface area contributed by atoms with Gasteiger partial charge in [-0.15, -0.1) is 0 Å². The normalized spacial score (nSPS) is 12.0. The first kappa shape index (κ1) is 35.3. The van der Waals surface area contributed by atoms with Gasteiger partial charge in [0.25, 0.3) is 0 Å². The molecule has 4 rings (SSSR count). The molecule has 0 unspecified atom stereocenters. The van der Waals surface area contributed by atoms with E-state index >= 15 is 0 Å². The molecule has 0 saturated carbocycles. The van der Waals surface area contributed by atoms with Crippen molar-refractivity contribution in [3.63, 3.8) is 0 Å². The molecule has 40 heavy (non-hydrogen) atoms. The second-order valence-electron chi connectivity index (χ2n) is 14.1. The molecule has 0 amide bonds. The van der Waals surface area contributed by atoms with Gasteiger partial charge >= 0.3 is 0 Å². The Bertz CT molecular complexity index is 1300. The lowest BCUT2D eigenvalue weighted by molar-refractivity contribution is 0.580. The van der Waals surface area contributed by atoms with E-state index in [2.05, 4.69) is 142 Å². The second kappa shape index (κ2) is 13.7. The van der Waals surface area contributed by atoms with Gasteiger partial charge in [-0.05, 0) is 74.2 Å². The van der Waals surface area contributed by atoms with Gasteiger partial charge in [0.15, 0.2) is 0 Å². The van der Waals surface area contributed by atoms with Crippen molar-refractivity contribution in [1.82, 2.24) is 9.97 Å². The van der Waals surface area contributed by atoms with Crippen LogP contribution in [0.2, 0.25) is 0 Å². The van der Waals surface area contributed by atoms with E-state index in [1.807, 2.05) is 40.1 Å². The third-order valence-electron chi connectivity index (χ3n) is 6.80. The van der Waals surface area contributed by atoms with Crippen molar-refractivity contribution in [2.75, 3.05) is 0 Å². The van der Waals surface area contributed by atoms with E-state index in [-0.39, 0.29) is 21.7 Å². The minimum atomic E-state index is 0.141. The Hall–Kier alpha value is -2.74. The molecule has 0 saturated heterocycles. The molecule has 0 radical (unpaired) electrons. The van der Waals surface area contributed by atoms with Gasteiger partial charge < -0.3 is 0 Å². The molecule has 0 atom stereocenters. The van der Waals surface area contributed by atoms with Crippen molar-refractivity contribution in [3.05, 3.63) is 83.2 Å². The van der Waals surface area contributed by atoms with Crippen LogP contribution in [0.15, 0.2) is 60.9 Å². The lowest BCUT2D eigenvalue weighted by atomic mass is 9.78. The molecule has 0 aliphatic rings. The maximum Gasteiger partial charge on any atom is 0.0707 e. The van der Waals surface area contributed by atoms with Crippen LogP contribution in [0.25, 0.3) is 21.8 Å². The van der Waals surface area contributed by atoms with Crippen molar-refractivity contribution in [2.45, 2.75) is 132 Å². The molecule has 2 nitrogen and oxygen atoms in total. The minimum absolute atomic E-state index is 0.141. The van der Waals surface area contributed by atoms with Crippen molar-refractivity contribution >= 4 is 21.8 Å². The molecule has 2 heterocycles. The first-order valence-corrected chi connectivity index (χ1v) is 15.2. The Kier molecular flexibility index (Phi) is 12.1. The summed E-state index contributed by atoms with van der Waals surface area (Å²) in [6, 6.07) is 17.4. The molecule has 0 spiro atoms. The number of benzene rings is 2. The predicted molar refractivity (Wildman–Crippen MR) is 181 cm³/mol. The van der Waals surface area contributed by atoms with Crippen LogP contribution in [0.3, 0.4) is 0 Å². The smallest absolute Gasteiger partial charge is 0.0707 e. The SMILES string of the molecule is CC.CC.CC(C)(C)c1ccc2nccc(C(C)(C)C)c2c1.CC(C)(C)c1cccc2nccc(C(C)(C)C)c12. The molecule has 0 fully saturated rings. The van der Waals surface area contributed by atoms with E-state index < -0.39 is 0 Å². The van der Waals surface area contributed by atoms with E-state index in [1.165, 1.54) is 33.0 Å². The van der Waals surface area contributed by atoms with Crippen LogP contribution < -0.4 is 0 Å². The first-order chi connectivity index (χ1) is 18.4. The first-order valence-electron chi connectivity index (χ1n) is 15.2. The Balaban J connectivity index is 0.000000356. The molecule has 4 aromatic rings. The molecule has 0 aliphatic carbocycles. The highest BCUT2D eigenvalue weighted by atomic mass is 14.7. The van der Waals surface area contributed by atoms with E-state index in [9.17, 15) is 0 Å². The van der Waals surface area contributed by atoms with E-state index in [4.69, 9.17) is 0 Å². The van der Waals surface area contributed by atoms with Gasteiger partial charge in [0.2, 0.25) is 0 Å². The summed E-state index contributed by atoms with van der Waals surface area (Å²) in [5.74, 6) is 0. The van der Waals surface area contributed by atoms with Gasteiger partial charge in [-0.2, -0.15) is 0 Å². The highest BCUT2D eigenvalue weighted by molar-refractivity contribution is 5.87. The van der Waals surface area contributed by atoms with Crippen molar-refractivity contribution in [1.29, 1.82) is 0 Å². The van der Waals surface area contributed by atoms with E-state index in [0.29, 0.717) is 0 Å². The summed E-state index contributed by atoms with van der Waals surface area (Å²) in [4.78, 5) is 9.01. The van der Waals surface area contributed by atoms with E-state index in [1.54, 1.807) is 0 Å². The topological polar surface area (TPSA) is 25.8 Å². The van der Waals surface area contributed by atoms with Gasteiger partial charge in [0, 0.05) is 23.2 Å². The molecule has 2 aromatic carbocycles. The summed E-state index contributed by atoms with van der Waals surface area (Å²) in [6.45, 7) is 35.1. The molecule has 0 N–H and O–H groups in total. The zero-order valence-corrected chi connectivity index (χ0v) is 28.7. The number of pyridine rings is 2. The number of hydrogen-bond donors (Lipinski definition) is 0. The third kappa shape index (κ3) is 8.88. The molecule has 0 bridgehead atoms. The van der Waals surface area contributed by atoms with Crippen molar-refractivity contribution in [2.24, 2.45) is 0 Å². The largest absolute Gasteiger partial charge is 0.256 e. The van der Waals surface area contributed by atoms with Crippen LogP contribution in [0.5, 0.6) is 0 Å². The monoisotopic (exact) mass is 542 g/mol. The summed E-state index contributed by atoms with van der Waals surface area (Å²) < 4.78 is 0. The lowest BCUT2D eigenvalue weighted by Crippen LogP contribution is -2.17. The lowest BCUT2D eigenvalue weighted by Gasteiger charge is -2.27. The van der Waals surface area contributed by atoms with Crippen molar-refractivity contribution < 1.29 is 0 Å². The predicted octanol–water partition coefficient (Wildman–Crippen LogP) is 11.7. The Morgan fingerprint density at radius 2 is 0.900 bits per heavy atom. The number of rotatable bonds is 0. The Morgan fingerprint density at radius 3 is 1.38 bits per heavy atom. The average Bonchev–Trinajstić information content (AvgIpc) is 2.88. The Morgan fingerprint density at radius 1 is 0.450 bits per heavy atom. The minimum Gasteiger partial charge on any atom is -0.256 e. The Labute approximate surface area is 247 Å². The summed E-state index contributed by atoms with van der Waals surface area (Å²) in [5.41, 5.74) is 8.33. The van der Waals surface area contributed by atoms with Gasteiger partial charge in [-0.3, -0.25) is 9.97 Å². The summed E-state index contributed by atoms with van der Waals surface area (Å²) in [7, 11) is 0. The molecule has 220 valence electrons. The van der Waals surface area contributed by atoms with Crippen LogP contribution in [0, 0.1) is 0 Å². The van der Waals surface area contributed by atoms with Crippen LogP contribution in [0.1, 0.15) is 133 Å². The van der Waals surface area contributed by atoms with Gasteiger partial charge in [-0.1, -0.05) is 129 Å². The molecular weight excluding hydrogens is 484 g/mol. The highest BCUT2D eigenvalue weighted by Gasteiger charge is 2.24. The maximum absolute atomic E-state index is 4.53. The fourth-order valence-corrected chi connectivity index (χ4v) is 4.72. The third-order valence-corrected chi connectivity index (χ3v) is 6.80. The van der Waals surface area contributed by atoms with Crippen LogP contribution >= 0.6 is 0 Å². The molecule has 2 heteroatoms. The zero-order chi connectivity index (χ0) is 31.1. The standard InChI is InChI=1S/2C17H23N.2C2H6/c1-16(2,3)12-7-8-15-13(11-12)14(9-10-18-15)17(4,5)6;1-16(2,3)12-8-7-9-14-15(12)13(10-11-18-14)17(4,5)6;2*1-2/h2*7-11H,1-6H3;2*1-2H3. The molecule has 2 aromatic heterocycles. The molecule has 0 aliphatic heterocycles. The van der Waals surface area contributed by atoms with Crippen molar-refractivity contribution in [3.8, 4) is 0 Å². The number of nitrogens with zero attached hydrogens (tertiary/aromatic N) is 2. The fourth-order valence-electron chi connectivity index (χ4n) is 4.72. The number of fused-ring (bicyclic) bond motifs is 2. The van der Waals surface area contributed by atoms with Gasteiger partial charge in [-0.25, -0.2) is 0 Å². The van der Waals surface area contributed by atoms with Gasteiger partial charge in [0.05, 0.1) is 11.0 Å². The maximum atomic E-state index is 4.53. The number of hydrogen-bond acceptors (Lipinski definition) is 2. The summed E-state index contributed by atoms with van der Waals surface area (Å²) in [5, 5.41) is 2.62. The average molecular weight is 543 g/mol. The summed E-state index contributed by atoms with van der Waals surface area (Å²) >= 11 is 0. The number of aromatic nitrogens is 2. The summed E-state index contributed by atoms with van der Waals surface area (Å²) in [6.07, 6.45) is 3.84. The second-order valence-corrected chi connectivity index (χ2v) is 14.1. The van der Waals surface area contributed by atoms with Crippen LogP contribution in [-0.4, -0.2) is 9.97 Å². The quantitative estimate of drug-likeness (QED) is 0.221. The molecular formula is C38H58N2. The van der Waals surface area contributed by atoms with Gasteiger partial charge in [0.1, 0.15) is 0 Å².